The standard InChI is InChI=1S/C20H21N2O5P/c1-3-26-28(25,27-4-2)18-15-21(16-11-7-5-8-12-16)20(24)22(19(18)23)17-13-9-6-10-14-17/h5-15H,3-4H2,1-2H3. The highest BCUT2D eigenvalue weighted by atomic mass is 31.2. The van der Waals surface area contributed by atoms with Crippen molar-refractivity contribution < 1.29 is 13.6 Å². The fraction of sp³-hybridized carbons (Fsp3) is 0.200. The molecule has 0 radical (unpaired) electrons. The summed E-state index contributed by atoms with van der Waals surface area (Å²) in [6.45, 7) is 3.50. The van der Waals surface area contributed by atoms with Gasteiger partial charge in [-0.2, -0.15) is 0 Å². The molecule has 1 heterocycles. The minimum atomic E-state index is -3.92. The van der Waals surface area contributed by atoms with Gasteiger partial charge in [0, 0.05) is 6.20 Å². The Kier molecular flexibility index (Phi) is 6.09. The van der Waals surface area contributed by atoms with Gasteiger partial charge < -0.3 is 9.05 Å². The second-order valence-electron chi connectivity index (χ2n) is 5.81. The lowest BCUT2D eigenvalue weighted by atomic mass is 10.3. The van der Waals surface area contributed by atoms with Gasteiger partial charge in [0.25, 0.3) is 5.56 Å². The van der Waals surface area contributed by atoms with Gasteiger partial charge in [-0.3, -0.25) is 13.9 Å². The van der Waals surface area contributed by atoms with E-state index in [0.717, 1.165) is 4.57 Å². The van der Waals surface area contributed by atoms with Crippen LogP contribution in [0.15, 0.2) is 76.4 Å². The lowest BCUT2D eigenvalue weighted by Crippen LogP contribution is -2.46. The molecule has 28 heavy (non-hydrogen) atoms. The van der Waals surface area contributed by atoms with Crippen molar-refractivity contribution in [2.45, 2.75) is 13.8 Å². The molecule has 0 saturated heterocycles. The number of benzene rings is 2. The van der Waals surface area contributed by atoms with Crippen LogP contribution in [0.25, 0.3) is 11.4 Å². The molecule has 0 bridgehead atoms. The van der Waals surface area contributed by atoms with Crippen LogP contribution in [0.5, 0.6) is 0 Å². The van der Waals surface area contributed by atoms with Gasteiger partial charge in [-0.1, -0.05) is 36.4 Å². The van der Waals surface area contributed by atoms with Crippen LogP contribution in [0.3, 0.4) is 0 Å². The van der Waals surface area contributed by atoms with Crippen LogP contribution >= 0.6 is 7.60 Å². The summed E-state index contributed by atoms with van der Waals surface area (Å²) in [6.07, 6.45) is 1.26. The van der Waals surface area contributed by atoms with Gasteiger partial charge in [-0.15, -0.1) is 0 Å². The Morgan fingerprint density at radius 2 is 1.32 bits per heavy atom. The third-order valence-electron chi connectivity index (χ3n) is 4.01. The molecule has 0 atom stereocenters. The maximum absolute atomic E-state index is 13.3. The van der Waals surface area contributed by atoms with Crippen molar-refractivity contribution in [2.24, 2.45) is 0 Å². The van der Waals surface area contributed by atoms with Crippen LogP contribution in [-0.2, 0) is 13.6 Å². The SMILES string of the molecule is CCOP(=O)(OCC)c1cn(-c2ccccc2)c(=O)n(-c2ccccc2)c1=O. The molecule has 0 N–H and O–H groups in total. The Morgan fingerprint density at radius 1 is 0.821 bits per heavy atom. The Hall–Kier alpha value is -2.73. The van der Waals surface area contributed by atoms with Crippen molar-refractivity contribution in [1.82, 2.24) is 9.13 Å². The Bertz CT molecular complexity index is 1100. The van der Waals surface area contributed by atoms with Gasteiger partial charge in [0.05, 0.1) is 24.6 Å². The minimum Gasteiger partial charge on any atom is -0.305 e. The zero-order valence-corrected chi connectivity index (χ0v) is 16.5. The van der Waals surface area contributed by atoms with E-state index in [1.165, 1.54) is 10.8 Å². The molecule has 3 aromatic rings. The molecule has 0 spiro atoms. The van der Waals surface area contributed by atoms with Crippen molar-refractivity contribution in [2.75, 3.05) is 13.2 Å². The van der Waals surface area contributed by atoms with Crippen LogP contribution in [0.1, 0.15) is 13.8 Å². The molecule has 1 aromatic heterocycles. The fourth-order valence-electron chi connectivity index (χ4n) is 2.82. The van der Waals surface area contributed by atoms with Gasteiger partial charge in [0.15, 0.2) is 0 Å². The minimum absolute atomic E-state index is 0.0898. The van der Waals surface area contributed by atoms with Crippen LogP contribution in [0.4, 0.5) is 0 Å². The van der Waals surface area contributed by atoms with Gasteiger partial charge in [0.1, 0.15) is 5.30 Å². The van der Waals surface area contributed by atoms with Crippen molar-refractivity contribution in [1.29, 1.82) is 0 Å². The highest BCUT2D eigenvalue weighted by Crippen LogP contribution is 2.45. The topological polar surface area (TPSA) is 79.5 Å². The Labute approximate surface area is 162 Å². The molecule has 3 rings (SSSR count). The van der Waals surface area contributed by atoms with E-state index in [1.54, 1.807) is 68.4 Å². The second-order valence-corrected chi connectivity index (χ2v) is 7.80. The summed E-state index contributed by atoms with van der Waals surface area (Å²) in [5.74, 6) is 0. The van der Waals surface area contributed by atoms with Crippen molar-refractivity contribution in [3.8, 4) is 11.4 Å². The molecule has 7 nitrogen and oxygen atoms in total. The molecule has 146 valence electrons. The van der Waals surface area contributed by atoms with Gasteiger partial charge in [-0.25, -0.2) is 9.36 Å². The molecule has 0 aliphatic heterocycles. The second kappa shape index (κ2) is 8.52. The zero-order valence-electron chi connectivity index (χ0n) is 15.6. The number of hydrogen-bond acceptors (Lipinski definition) is 5. The van der Waals surface area contributed by atoms with Crippen LogP contribution in [0.2, 0.25) is 0 Å². The molecule has 0 amide bonds. The van der Waals surface area contributed by atoms with Crippen molar-refractivity contribution in [3.63, 3.8) is 0 Å². The first-order chi connectivity index (χ1) is 13.5. The van der Waals surface area contributed by atoms with Gasteiger partial charge in [0.2, 0.25) is 0 Å². The molecular weight excluding hydrogens is 379 g/mol. The maximum atomic E-state index is 13.3. The summed E-state index contributed by atoms with van der Waals surface area (Å²) in [7, 11) is -3.92. The van der Waals surface area contributed by atoms with Gasteiger partial charge >= 0.3 is 13.3 Å². The number of para-hydroxylation sites is 2. The van der Waals surface area contributed by atoms with E-state index in [-0.39, 0.29) is 18.5 Å². The summed E-state index contributed by atoms with van der Waals surface area (Å²) < 4.78 is 26.3. The summed E-state index contributed by atoms with van der Waals surface area (Å²) >= 11 is 0. The average Bonchev–Trinajstić information content (AvgIpc) is 2.70. The van der Waals surface area contributed by atoms with Crippen molar-refractivity contribution in [3.05, 3.63) is 87.7 Å². The van der Waals surface area contributed by atoms with E-state index in [2.05, 4.69) is 0 Å². The summed E-state index contributed by atoms with van der Waals surface area (Å²) in [4.78, 5) is 26.3. The predicted molar refractivity (Wildman–Crippen MR) is 108 cm³/mol. The summed E-state index contributed by atoms with van der Waals surface area (Å²) in [6, 6.07) is 17.3. The average molecular weight is 400 g/mol. The predicted octanol–water partition coefficient (Wildman–Crippen LogP) is 2.88. The molecule has 0 saturated carbocycles. The first kappa shape index (κ1) is 20.0. The van der Waals surface area contributed by atoms with E-state index in [9.17, 15) is 14.2 Å². The highest BCUT2D eigenvalue weighted by molar-refractivity contribution is 7.62. The monoisotopic (exact) mass is 400 g/mol. The Morgan fingerprint density at radius 3 is 1.82 bits per heavy atom. The first-order valence-corrected chi connectivity index (χ1v) is 10.5. The van der Waals surface area contributed by atoms with E-state index >= 15 is 0 Å². The first-order valence-electron chi connectivity index (χ1n) is 8.91. The highest BCUT2D eigenvalue weighted by Gasteiger charge is 2.33. The maximum Gasteiger partial charge on any atom is 0.368 e. The number of aromatic nitrogens is 2. The lowest BCUT2D eigenvalue weighted by molar-refractivity contribution is 0.229. The van der Waals surface area contributed by atoms with E-state index in [1.807, 2.05) is 6.07 Å². The zero-order chi connectivity index (χ0) is 20.1. The third-order valence-corrected chi connectivity index (χ3v) is 6.11. The number of nitrogens with zero attached hydrogens (tertiary/aromatic N) is 2. The van der Waals surface area contributed by atoms with E-state index < -0.39 is 18.8 Å². The third kappa shape index (κ3) is 3.78. The summed E-state index contributed by atoms with van der Waals surface area (Å²) in [5.41, 5.74) is -0.416. The van der Waals surface area contributed by atoms with E-state index in [0.29, 0.717) is 11.4 Å². The number of rotatable bonds is 7. The Balaban J connectivity index is 2.40. The van der Waals surface area contributed by atoms with Crippen LogP contribution in [-0.4, -0.2) is 22.3 Å². The fourth-order valence-corrected chi connectivity index (χ4v) is 4.45. The normalized spacial score (nSPS) is 11.5. The van der Waals surface area contributed by atoms with E-state index in [4.69, 9.17) is 9.05 Å². The lowest BCUT2D eigenvalue weighted by Gasteiger charge is -2.19. The molecule has 2 aromatic carbocycles. The molecule has 0 aliphatic rings. The molecule has 0 fully saturated rings. The molecular formula is C20H21N2O5P. The molecule has 8 heteroatoms. The summed E-state index contributed by atoms with van der Waals surface area (Å²) in [5, 5.41) is -0.191. The largest absolute Gasteiger partial charge is 0.368 e. The molecule has 0 unspecified atom stereocenters. The van der Waals surface area contributed by atoms with Crippen LogP contribution < -0.4 is 16.6 Å². The number of hydrogen-bond donors (Lipinski definition) is 0. The quantitative estimate of drug-likeness (QED) is 0.570. The van der Waals surface area contributed by atoms with Crippen molar-refractivity contribution >= 4 is 12.9 Å². The van der Waals surface area contributed by atoms with Crippen LogP contribution in [0, 0.1) is 0 Å². The van der Waals surface area contributed by atoms with Gasteiger partial charge in [-0.05, 0) is 38.1 Å². The molecule has 0 aliphatic carbocycles. The smallest absolute Gasteiger partial charge is 0.305 e.